The highest BCUT2D eigenvalue weighted by molar-refractivity contribution is 7.43. The first kappa shape index (κ1) is 73.7. The van der Waals surface area contributed by atoms with E-state index < -0.39 is 8.60 Å². The summed E-state index contributed by atoms with van der Waals surface area (Å²) in [6.45, 7) is 13.9. The summed E-state index contributed by atoms with van der Waals surface area (Å²) in [5.74, 6) is 2.88. The lowest BCUT2D eigenvalue weighted by Crippen LogP contribution is -2.07. The van der Waals surface area contributed by atoms with E-state index in [2.05, 4.69) is 96.1 Å². The van der Waals surface area contributed by atoms with Crippen LogP contribution in [-0.4, -0.2) is 0 Å². The summed E-state index contributed by atoms with van der Waals surface area (Å²) in [5.41, 5.74) is 8.38. The van der Waals surface area contributed by atoms with E-state index >= 15 is 0 Å². The third-order valence-electron chi connectivity index (χ3n) is 17.7. The number of hydrogen-bond donors (Lipinski definition) is 0. The predicted molar refractivity (Wildman–Crippen MR) is 366 cm³/mol. The summed E-state index contributed by atoms with van der Waals surface area (Å²) in [6.07, 6.45) is 70.7. The second kappa shape index (κ2) is 53.9. The highest BCUT2D eigenvalue weighted by Gasteiger charge is 2.25. The van der Waals surface area contributed by atoms with Crippen molar-refractivity contribution in [3.63, 3.8) is 0 Å². The minimum atomic E-state index is -1.83. The molecular weight excluding hydrogens is 1020 g/mol. The second-order valence-corrected chi connectivity index (χ2v) is 26.7. The molecule has 0 bridgehead atoms. The topological polar surface area (TPSA) is 27.7 Å². The fourth-order valence-electron chi connectivity index (χ4n) is 12.3. The number of hydrogen-bond acceptors (Lipinski definition) is 3. The van der Waals surface area contributed by atoms with E-state index in [0.717, 1.165) is 55.8 Å². The fraction of sp³-hybridized carbons (Fsp3) is 0.769. The van der Waals surface area contributed by atoms with Crippen LogP contribution in [-0.2, 0) is 38.5 Å². The third kappa shape index (κ3) is 38.5. The molecule has 3 aromatic carbocycles. The van der Waals surface area contributed by atoms with E-state index in [1.807, 2.05) is 0 Å². The summed E-state index contributed by atoms with van der Waals surface area (Å²) in [7, 11) is -1.83. The van der Waals surface area contributed by atoms with Crippen molar-refractivity contribution in [2.45, 2.75) is 388 Å². The summed E-state index contributed by atoms with van der Waals surface area (Å²) < 4.78 is 22.0. The molecule has 0 fully saturated rings. The van der Waals surface area contributed by atoms with Crippen LogP contribution >= 0.6 is 8.60 Å². The molecule has 0 aliphatic heterocycles. The Hall–Kier alpha value is -2.51. The molecule has 0 saturated heterocycles. The van der Waals surface area contributed by atoms with Crippen molar-refractivity contribution in [1.82, 2.24) is 0 Å². The second-order valence-electron chi connectivity index (χ2n) is 25.7. The van der Waals surface area contributed by atoms with E-state index in [-0.39, 0.29) is 0 Å². The molecule has 0 unspecified atom stereocenters. The molecule has 0 atom stereocenters. The zero-order chi connectivity index (χ0) is 58.4. The minimum absolute atomic E-state index is 0.959. The predicted octanol–water partition coefficient (Wildman–Crippen LogP) is 27.5. The van der Waals surface area contributed by atoms with Crippen molar-refractivity contribution < 1.29 is 13.6 Å². The van der Waals surface area contributed by atoms with Gasteiger partial charge < -0.3 is 13.6 Å². The lowest BCUT2D eigenvalue weighted by Gasteiger charge is -2.23. The molecule has 470 valence electrons. The van der Waals surface area contributed by atoms with Crippen LogP contribution in [0.25, 0.3) is 0 Å². The van der Waals surface area contributed by atoms with Crippen molar-refractivity contribution in [2.75, 3.05) is 0 Å². The van der Waals surface area contributed by atoms with Crippen LogP contribution < -0.4 is 13.6 Å². The van der Waals surface area contributed by atoms with Crippen LogP contribution in [0.15, 0.2) is 54.6 Å². The van der Waals surface area contributed by atoms with Crippen LogP contribution in [0.3, 0.4) is 0 Å². The van der Waals surface area contributed by atoms with Gasteiger partial charge in [0.15, 0.2) is 0 Å². The average molecular weight is 1150 g/mol. The molecule has 0 radical (unpaired) electrons. The van der Waals surface area contributed by atoms with Gasteiger partial charge in [0.1, 0.15) is 17.2 Å². The highest BCUT2D eigenvalue weighted by Crippen LogP contribution is 2.46. The van der Waals surface area contributed by atoms with Gasteiger partial charge in [-0.1, -0.05) is 348 Å². The quantitative estimate of drug-likeness (QED) is 0.0416. The van der Waals surface area contributed by atoms with Crippen molar-refractivity contribution >= 4 is 8.60 Å². The van der Waals surface area contributed by atoms with Crippen molar-refractivity contribution in [3.05, 3.63) is 88.0 Å². The van der Waals surface area contributed by atoms with Crippen molar-refractivity contribution in [1.29, 1.82) is 0 Å². The molecule has 0 amide bonds. The van der Waals surface area contributed by atoms with Gasteiger partial charge in [-0.25, -0.2) is 0 Å². The van der Waals surface area contributed by atoms with E-state index in [4.69, 9.17) is 13.6 Å². The average Bonchev–Trinajstić information content (AvgIpc) is 3.65. The normalized spacial score (nSPS) is 11.6. The third-order valence-corrected chi connectivity index (χ3v) is 18.8. The van der Waals surface area contributed by atoms with Gasteiger partial charge in [0.2, 0.25) is 0 Å². The molecular formula is C78H135O3P. The summed E-state index contributed by atoms with van der Waals surface area (Å²) in [5, 5.41) is 0. The number of aryl methyl sites for hydroxylation is 6. The fourth-order valence-corrected chi connectivity index (χ4v) is 13.4. The Kier molecular flexibility index (Phi) is 48.5. The zero-order valence-corrected chi connectivity index (χ0v) is 56.4. The van der Waals surface area contributed by atoms with Gasteiger partial charge in [-0.3, -0.25) is 0 Å². The molecule has 82 heavy (non-hydrogen) atoms. The van der Waals surface area contributed by atoms with Gasteiger partial charge in [-0.05, 0) is 129 Å². The molecule has 3 nitrogen and oxygen atoms in total. The Morgan fingerprint density at radius 1 is 0.207 bits per heavy atom. The summed E-state index contributed by atoms with van der Waals surface area (Å²) >= 11 is 0. The maximum Gasteiger partial charge on any atom is 0.530 e. The lowest BCUT2D eigenvalue weighted by molar-refractivity contribution is 0.382. The molecule has 0 aliphatic rings. The highest BCUT2D eigenvalue weighted by atomic mass is 31.2. The van der Waals surface area contributed by atoms with Gasteiger partial charge in [-0.2, -0.15) is 0 Å². The van der Waals surface area contributed by atoms with E-state index in [1.165, 1.54) is 342 Å². The molecule has 0 aliphatic carbocycles. The van der Waals surface area contributed by atoms with Crippen molar-refractivity contribution in [2.24, 2.45) is 0 Å². The van der Waals surface area contributed by atoms with Crippen molar-refractivity contribution in [3.8, 4) is 17.2 Å². The first-order chi connectivity index (χ1) is 40.5. The molecule has 0 N–H and O–H groups in total. The number of rotatable bonds is 60. The van der Waals surface area contributed by atoms with Gasteiger partial charge in [-0.15, -0.1) is 0 Å². The summed E-state index contributed by atoms with van der Waals surface area (Å²) in [6, 6.07) is 21.5. The van der Waals surface area contributed by atoms with Crippen LogP contribution in [0, 0.1) is 0 Å². The minimum Gasteiger partial charge on any atom is -0.408 e. The van der Waals surface area contributed by atoms with Gasteiger partial charge in [0.25, 0.3) is 0 Å². The molecule has 3 aromatic rings. The van der Waals surface area contributed by atoms with Crippen LogP contribution in [0.2, 0.25) is 0 Å². The van der Waals surface area contributed by atoms with Gasteiger partial charge in [0, 0.05) is 0 Å². The van der Waals surface area contributed by atoms with Gasteiger partial charge in [0.05, 0.1) is 0 Å². The van der Waals surface area contributed by atoms with Gasteiger partial charge >= 0.3 is 8.60 Å². The Balaban J connectivity index is 2.01. The van der Waals surface area contributed by atoms with Crippen LogP contribution in [0.4, 0.5) is 0 Å². The first-order valence-corrected chi connectivity index (χ1v) is 37.8. The Morgan fingerprint density at radius 3 is 0.573 bits per heavy atom. The monoisotopic (exact) mass is 1150 g/mol. The molecule has 0 spiro atoms. The number of benzene rings is 3. The Labute approximate surface area is 513 Å². The largest absolute Gasteiger partial charge is 0.530 e. The van der Waals surface area contributed by atoms with E-state index in [1.54, 1.807) is 0 Å². The molecule has 3 rings (SSSR count). The van der Waals surface area contributed by atoms with E-state index in [9.17, 15) is 0 Å². The maximum atomic E-state index is 7.34. The standard InChI is InChI=1S/C78H135O3P/c1-7-13-19-25-31-37-43-49-55-70-61-64-76(73(67-70)58-52-46-40-34-28-22-16-10-4)79-82(80-77-65-62-71(56-50-44-38-32-26-20-14-8-2)68-74(77)59-53-47-41-35-29-23-17-11-5)81-78-66-63-72(57-51-45-39-33-27-21-15-9-3)69-75(78)60-54-48-42-36-30-24-18-12-6/h61-69H,7-60H2,1-6H3. The zero-order valence-electron chi connectivity index (χ0n) is 55.6. The SMILES string of the molecule is CCCCCCCCCCc1ccc(OP(Oc2ccc(CCCCCCCCCC)cc2CCCCCCCCCC)Oc2ccc(CCCCCCCCCC)cc2CCCCCCCCCC)c(CCCCCCCCCC)c1. The van der Waals surface area contributed by atoms with Crippen LogP contribution in [0.1, 0.15) is 383 Å². The summed E-state index contributed by atoms with van der Waals surface area (Å²) in [4.78, 5) is 0. The maximum absolute atomic E-state index is 7.34. The first-order valence-electron chi connectivity index (χ1n) is 36.7. The smallest absolute Gasteiger partial charge is 0.408 e. The van der Waals surface area contributed by atoms with Crippen LogP contribution in [0.5, 0.6) is 17.2 Å². The molecule has 0 heterocycles. The Bertz CT molecular complexity index is 1660. The molecule has 0 aromatic heterocycles. The molecule has 4 heteroatoms. The number of unbranched alkanes of at least 4 members (excludes halogenated alkanes) is 42. The van der Waals surface area contributed by atoms with E-state index in [0.29, 0.717) is 0 Å². The Morgan fingerprint density at radius 2 is 0.378 bits per heavy atom. The lowest BCUT2D eigenvalue weighted by atomic mass is 9.99. The molecule has 0 saturated carbocycles.